The van der Waals surface area contributed by atoms with E-state index in [-0.39, 0.29) is 11.5 Å². The smallest absolute Gasteiger partial charge is 0.410 e. The van der Waals surface area contributed by atoms with Crippen molar-refractivity contribution in [1.29, 1.82) is 0 Å². The van der Waals surface area contributed by atoms with Gasteiger partial charge >= 0.3 is 6.09 Å². The van der Waals surface area contributed by atoms with Gasteiger partial charge in [0.2, 0.25) is 5.89 Å². The van der Waals surface area contributed by atoms with E-state index in [0.717, 1.165) is 12.8 Å². The van der Waals surface area contributed by atoms with Crippen molar-refractivity contribution in [1.82, 2.24) is 15.0 Å². The molecule has 6 heteroatoms. The quantitative estimate of drug-likeness (QED) is 0.822. The topological polar surface area (TPSA) is 68.5 Å². The van der Waals surface area contributed by atoms with Crippen molar-refractivity contribution in [2.75, 3.05) is 13.1 Å². The number of hydrogen-bond acceptors (Lipinski definition) is 5. The van der Waals surface area contributed by atoms with E-state index >= 15 is 0 Å². The Kier molecular flexibility index (Phi) is 3.52. The number of amides is 1. The highest BCUT2D eigenvalue weighted by Crippen LogP contribution is 2.36. The van der Waals surface area contributed by atoms with Crippen LogP contribution in [0.2, 0.25) is 0 Å². The first-order valence-electron chi connectivity index (χ1n) is 6.61. The van der Waals surface area contributed by atoms with Crippen LogP contribution in [0, 0.1) is 0 Å². The molecular weight excluding hydrogens is 246 g/mol. The molecule has 0 unspecified atom stereocenters. The zero-order chi connectivity index (χ0) is 14.1. The minimum atomic E-state index is -0.473. The van der Waals surface area contributed by atoms with Gasteiger partial charge in [0.1, 0.15) is 5.60 Å². The zero-order valence-corrected chi connectivity index (χ0v) is 12.0. The summed E-state index contributed by atoms with van der Waals surface area (Å²) in [7, 11) is 0. The largest absolute Gasteiger partial charge is 0.444 e. The molecule has 1 aromatic rings. The van der Waals surface area contributed by atoms with Gasteiger partial charge in [0.15, 0.2) is 6.33 Å². The second-order valence-corrected chi connectivity index (χ2v) is 6.03. The average Bonchev–Trinajstić information content (AvgIpc) is 2.97. The molecule has 0 bridgehead atoms. The number of nitrogens with zero attached hydrogens (tertiary/aromatic N) is 3. The number of ether oxygens (including phenoxy) is 1. The van der Waals surface area contributed by atoms with Crippen molar-refractivity contribution in [3.8, 4) is 0 Å². The maximum absolute atomic E-state index is 12.1. The third-order valence-electron chi connectivity index (χ3n) is 3.50. The van der Waals surface area contributed by atoms with E-state index in [1.807, 2.05) is 20.8 Å². The molecule has 0 radical (unpaired) electrons. The highest BCUT2D eigenvalue weighted by molar-refractivity contribution is 5.68. The highest BCUT2D eigenvalue weighted by atomic mass is 16.6. The number of carbonyl (C=O) groups is 1. The van der Waals surface area contributed by atoms with Crippen LogP contribution in [0.1, 0.15) is 46.4 Å². The predicted octanol–water partition coefficient (Wildman–Crippen LogP) is 2.36. The molecule has 2 heterocycles. The Balaban J connectivity index is 2.08. The van der Waals surface area contributed by atoms with Crippen molar-refractivity contribution in [2.45, 2.75) is 51.6 Å². The van der Waals surface area contributed by atoms with E-state index in [1.165, 1.54) is 6.33 Å². The summed E-state index contributed by atoms with van der Waals surface area (Å²) in [6, 6.07) is 0. The van der Waals surface area contributed by atoms with E-state index in [4.69, 9.17) is 9.26 Å². The van der Waals surface area contributed by atoms with E-state index < -0.39 is 5.60 Å². The molecule has 0 aliphatic carbocycles. The second-order valence-electron chi connectivity index (χ2n) is 6.03. The lowest BCUT2D eigenvalue weighted by molar-refractivity contribution is 0.0280. The molecule has 106 valence electrons. The molecular formula is C13H21N3O3. The van der Waals surface area contributed by atoms with E-state index in [1.54, 1.807) is 4.90 Å². The second kappa shape index (κ2) is 4.83. The molecule has 1 saturated heterocycles. The molecule has 1 aliphatic rings. The Hall–Kier alpha value is -1.59. The van der Waals surface area contributed by atoms with Crippen molar-refractivity contribution in [3.05, 3.63) is 12.2 Å². The fourth-order valence-electron chi connectivity index (χ4n) is 2.38. The van der Waals surface area contributed by atoms with Crippen LogP contribution in [-0.2, 0) is 10.2 Å². The summed E-state index contributed by atoms with van der Waals surface area (Å²) >= 11 is 0. The van der Waals surface area contributed by atoms with Crippen molar-refractivity contribution in [3.63, 3.8) is 0 Å². The predicted molar refractivity (Wildman–Crippen MR) is 68.7 cm³/mol. The van der Waals surface area contributed by atoms with Crippen LogP contribution in [-0.4, -0.2) is 39.8 Å². The lowest BCUT2D eigenvalue weighted by Gasteiger charge is -2.26. The molecule has 1 amide bonds. The van der Waals surface area contributed by atoms with Gasteiger partial charge in [0, 0.05) is 13.1 Å². The summed E-state index contributed by atoms with van der Waals surface area (Å²) in [5, 5.41) is 3.67. The molecule has 0 aromatic carbocycles. The Bertz CT molecular complexity index is 438. The molecule has 2 rings (SSSR count). The number of aromatic nitrogens is 2. The van der Waals surface area contributed by atoms with Gasteiger partial charge in [-0.1, -0.05) is 12.1 Å². The number of likely N-dealkylation sites (tertiary alicyclic amines) is 1. The van der Waals surface area contributed by atoms with E-state index in [9.17, 15) is 4.79 Å². The Labute approximate surface area is 113 Å². The maximum atomic E-state index is 12.1. The number of carbonyl (C=O) groups excluding carboxylic acids is 1. The molecule has 1 aromatic heterocycles. The Morgan fingerprint density at radius 1 is 1.58 bits per heavy atom. The lowest BCUT2D eigenvalue weighted by atomic mass is 9.84. The van der Waals surface area contributed by atoms with Gasteiger partial charge in [0.05, 0.1) is 5.41 Å². The van der Waals surface area contributed by atoms with Gasteiger partial charge < -0.3 is 14.2 Å². The molecule has 1 atom stereocenters. The molecule has 0 saturated carbocycles. The molecule has 1 fully saturated rings. The third kappa shape index (κ3) is 2.88. The van der Waals surface area contributed by atoms with Crippen LogP contribution in [0.15, 0.2) is 10.9 Å². The van der Waals surface area contributed by atoms with Crippen LogP contribution in [0.4, 0.5) is 4.79 Å². The SMILES string of the molecule is CC[C@]1(c2ncno2)CCN(C(=O)OC(C)(C)C)C1. The normalized spacial score (nSPS) is 23.7. The molecule has 0 spiro atoms. The van der Waals surface area contributed by atoms with Crippen molar-refractivity contribution < 1.29 is 14.1 Å². The minimum Gasteiger partial charge on any atom is -0.444 e. The van der Waals surface area contributed by atoms with Gasteiger partial charge in [-0.25, -0.2) is 4.79 Å². The summed E-state index contributed by atoms with van der Waals surface area (Å²) in [4.78, 5) is 17.9. The van der Waals surface area contributed by atoms with Crippen LogP contribution < -0.4 is 0 Å². The Morgan fingerprint density at radius 2 is 2.32 bits per heavy atom. The number of hydrogen-bond donors (Lipinski definition) is 0. The standard InChI is InChI=1S/C13H21N3O3/c1-5-13(10-14-9-15-19-10)6-7-16(8-13)11(17)18-12(2,3)4/h9H,5-8H2,1-4H3/t13-/m0/s1. The fourth-order valence-corrected chi connectivity index (χ4v) is 2.38. The van der Waals surface area contributed by atoms with Gasteiger partial charge in [-0.05, 0) is 33.6 Å². The zero-order valence-electron chi connectivity index (χ0n) is 12.0. The summed E-state index contributed by atoms with van der Waals surface area (Å²) in [6.07, 6.45) is 2.81. The van der Waals surface area contributed by atoms with Gasteiger partial charge in [0.25, 0.3) is 0 Å². The monoisotopic (exact) mass is 267 g/mol. The third-order valence-corrected chi connectivity index (χ3v) is 3.50. The van der Waals surface area contributed by atoms with Crippen molar-refractivity contribution >= 4 is 6.09 Å². The van der Waals surface area contributed by atoms with Crippen molar-refractivity contribution in [2.24, 2.45) is 0 Å². The summed E-state index contributed by atoms with van der Waals surface area (Å²) in [6.45, 7) is 8.90. The first-order valence-corrected chi connectivity index (χ1v) is 6.61. The molecule has 6 nitrogen and oxygen atoms in total. The van der Waals surface area contributed by atoms with Gasteiger partial charge in [-0.15, -0.1) is 0 Å². The van der Waals surface area contributed by atoms with E-state index in [0.29, 0.717) is 19.0 Å². The van der Waals surface area contributed by atoms with Crippen LogP contribution in [0.3, 0.4) is 0 Å². The molecule has 1 aliphatic heterocycles. The number of rotatable bonds is 2. The van der Waals surface area contributed by atoms with Crippen LogP contribution in [0.5, 0.6) is 0 Å². The summed E-state index contributed by atoms with van der Waals surface area (Å²) in [5.74, 6) is 0.612. The minimum absolute atomic E-state index is 0.229. The average molecular weight is 267 g/mol. The van der Waals surface area contributed by atoms with Crippen LogP contribution >= 0.6 is 0 Å². The van der Waals surface area contributed by atoms with Gasteiger partial charge in [-0.2, -0.15) is 4.98 Å². The highest BCUT2D eigenvalue weighted by Gasteiger charge is 2.44. The Morgan fingerprint density at radius 3 is 2.84 bits per heavy atom. The molecule has 0 N–H and O–H groups in total. The fraction of sp³-hybridized carbons (Fsp3) is 0.769. The van der Waals surface area contributed by atoms with E-state index in [2.05, 4.69) is 17.1 Å². The first kappa shape index (κ1) is 13.8. The summed E-state index contributed by atoms with van der Waals surface area (Å²) in [5.41, 5.74) is -0.702. The lowest BCUT2D eigenvalue weighted by Crippen LogP contribution is -2.38. The molecule has 19 heavy (non-hydrogen) atoms. The van der Waals surface area contributed by atoms with Gasteiger partial charge in [-0.3, -0.25) is 0 Å². The first-order chi connectivity index (χ1) is 8.86. The van der Waals surface area contributed by atoms with Crippen LogP contribution in [0.25, 0.3) is 0 Å². The summed E-state index contributed by atoms with van der Waals surface area (Å²) < 4.78 is 10.6. The maximum Gasteiger partial charge on any atom is 0.410 e.